The molecule has 0 bridgehead atoms. The van der Waals surface area contributed by atoms with Crippen molar-refractivity contribution in [3.8, 4) is 0 Å². The highest BCUT2D eigenvalue weighted by Crippen LogP contribution is 2.46. The third-order valence-electron chi connectivity index (χ3n) is 10.7. The summed E-state index contributed by atoms with van der Waals surface area (Å²) in [6, 6.07) is 2.88. The van der Waals surface area contributed by atoms with Crippen LogP contribution in [0.4, 0.5) is 9.59 Å². The molecule has 1 aromatic carbocycles. The molecular weight excluding hydrogens is 740 g/mol. The SMILES string of the molecule is CC(C)(C)OC(=O)N[C@H]1CCCCC/C=C\[C@@H]2C[C@@]2(C(=O)NS(=O)(=O)NC2CCCC2)NC(=O)[C@@H]2C[C@@H](OC(=O)N3Cc4cccc(Cl)c4C3)CN2C1=O. The Morgan fingerprint density at radius 3 is 2.48 bits per heavy atom. The summed E-state index contributed by atoms with van der Waals surface area (Å²) in [4.78, 5) is 71.6. The number of carbonyl (C=O) groups excluding carboxylic acids is 5. The number of carbonyl (C=O) groups is 5. The van der Waals surface area contributed by atoms with Gasteiger partial charge in [0.05, 0.1) is 13.1 Å². The Bertz CT molecular complexity index is 1780. The fourth-order valence-corrected chi connectivity index (χ4v) is 9.26. The van der Waals surface area contributed by atoms with Gasteiger partial charge in [0.1, 0.15) is 29.3 Å². The fraction of sp³-hybridized carbons (Fsp3) is 0.649. The van der Waals surface area contributed by atoms with Gasteiger partial charge in [0.15, 0.2) is 0 Å². The standard InChI is InChI=1S/C37H51ClN6O9S/c1-36(2,3)53-34(48)39-29-17-8-6-4-5-7-13-24-19-37(24,33(47)42-54(50,51)41-25-14-9-10-15-25)40-31(45)30-18-26(21-44(30)32(29)46)52-35(49)43-20-23-12-11-16-28(38)27(23)22-43/h7,11-13,16,24-26,29-30,41H,4-6,8-10,14-15,17-22H2,1-3H3,(H,39,48)(H,40,45)(H,42,47)/b13-7-/t24-,26-,29+,30+,37-/m1/s1. The maximum atomic E-state index is 14.4. The minimum atomic E-state index is -4.23. The van der Waals surface area contributed by atoms with Gasteiger partial charge in [-0.2, -0.15) is 13.1 Å². The number of amides is 5. The van der Waals surface area contributed by atoms with E-state index in [1.165, 1.54) is 9.80 Å². The van der Waals surface area contributed by atoms with Crippen molar-refractivity contribution in [1.82, 2.24) is 29.9 Å². The molecule has 5 aliphatic rings. The normalized spacial score (nSPS) is 28.4. The lowest BCUT2D eigenvalue weighted by atomic mass is 10.0. The van der Waals surface area contributed by atoms with Crippen molar-refractivity contribution >= 4 is 51.7 Å². The van der Waals surface area contributed by atoms with Gasteiger partial charge in [0, 0.05) is 29.9 Å². The molecule has 2 aliphatic carbocycles. The molecule has 17 heteroatoms. The molecule has 0 spiro atoms. The van der Waals surface area contributed by atoms with Gasteiger partial charge in [0.2, 0.25) is 11.8 Å². The van der Waals surface area contributed by atoms with E-state index >= 15 is 0 Å². The molecule has 3 aliphatic heterocycles. The lowest BCUT2D eigenvalue weighted by Crippen LogP contribution is -2.59. The second-order valence-electron chi connectivity index (χ2n) is 16.1. The van der Waals surface area contributed by atoms with Crippen LogP contribution in [0.2, 0.25) is 5.02 Å². The summed E-state index contributed by atoms with van der Waals surface area (Å²) in [5, 5.41) is 6.04. The number of hydrogen-bond acceptors (Lipinski definition) is 9. The van der Waals surface area contributed by atoms with Crippen LogP contribution in [0.3, 0.4) is 0 Å². The van der Waals surface area contributed by atoms with Crippen LogP contribution in [0.25, 0.3) is 0 Å². The summed E-state index contributed by atoms with van der Waals surface area (Å²) in [5.41, 5.74) is -0.709. The zero-order chi connectivity index (χ0) is 38.8. The molecule has 2 saturated carbocycles. The van der Waals surface area contributed by atoms with Crippen molar-refractivity contribution in [2.24, 2.45) is 5.92 Å². The molecule has 4 N–H and O–H groups in total. The minimum absolute atomic E-state index is 0.0935. The van der Waals surface area contributed by atoms with E-state index in [1.54, 1.807) is 32.9 Å². The molecule has 0 unspecified atom stereocenters. The van der Waals surface area contributed by atoms with Crippen LogP contribution in [0.15, 0.2) is 30.4 Å². The Labute approximate surface area is 321 Å². The summed E-state index contributed by atoms with van der Waals surface area (Å²) in [6.45, 7) is 5.48. The smallest absolute Gasteiger partial charge is 0.410 e. The van der Waals surface area contributed by atoms with Gasteiger partial charge in [-0.25, -0.2) is 14.3 Å². The van der Waals surface area contributed by atoms with Gasteiger partial charge < -0.3 is 25.0 Å². The quantitative estimate of drug-likeness (QED) is 0.309. The third-order valence-corrected chi connectivity index (χ3v) is 12.1. The molecule has 54 heavy (non-hydrogen) atoms. The average molecular weight is 791 g/mol. The highest BCUT2D eigenvalue weighted by Gasteiger charge is 2.62. The number of halogens is 1. The first-order valence-corrected chi connectivity index (χ1v) is 20.7. The van der Waals surface area contributed by atoms with Crippen LogP contribution < -0.4 is 20.1 Å². The van der Waals surface area contributed by atoms with E-state index in [1.807, 2.05) is 18.2 Å². The Balaban J connectivity index is 1.24. The second-order valence-corrected chi connectivity index (χ2v) is 17.9. The Morgan fingerprint density at radius 2 is 1.76 bits per heavy atom. The van der Waals surface area contributed by atoms with E-state index in [0.717, 1.165) is 36.8 Å². The molecular formula is C37H51ClN6O9S. The molecule has 5 atom stereocenters. The molecule has 15 nitrogen and oxygen atoms in total. The molecule has 1 saturated heterocycles. The second kappa shape index (κ2) is 16.1. The van der Waals surface area contributed by atoms with Gasteiger partial charge in [-0.05, 0) is 76.5 Å². The molecule has 6 rings (SSSR count). The molecule has 1 aromatic rings. The van der Waals surface area contributed by atoms with Crippen LogP contribution in [0.1, 0.15) is 103 Å². The number of nitrogens with one attached hydrogen (secondary N) is 4. The van der Waals surface area contributed by atoms with Crippen molar-refractivity contribution in [3.05, 3.63) is 46.5 Å². The van der Waals surface area contributed by atoms with Crippen molar-refractivity contribution < 1.29 is 41.9 Å². The van der Waals surface area contributed by atoms with E-state index in [9.17, 15) is 32.4 Å². The number of alkyl carbamates (subject to hydrolysis) is 1. The number of allylic oxidation sites excluding steroid dienone is 1. The zero-order valence-corrected chi connectivity index (χ0v) is 32.6. The minimum Gasteiger partial charge on any atom is -0.444 e. The number of benzene rings is 1. The molecule has 0 aromatic heterocycles. The van der Waals surface area contributed by atoms with Crippen molar-refractivity contribution in [1.29, 1.82) is 0 Å². The summed E-state index contributed by atoms with van der Waals surface area (Å²) in [7, 11) is -4.23. The van der Waals surface area contributed by atoms with Gasteiger partial charge >= 0.3 is 22.4 Å². The molecule has 0 radical (unpaired) electrons. The van der Waals surface area contributed by atoms with E-state index < -0.39 is 75.4 Å². The van der Waals surface area contributed by atoms with E-state index in [4.69, 9.17) is 21.1 Å². The zero-order valence-electron chi connectivity index (χ0n) is 31.0. The van der Waals surface area contributed by atoms with Crippen LogP contribution in [0.5, 0.6) is 0 Å². The number of nitrogens with zero attached hydrogens (tertiary/aromatic N) is 2. The number of rotatable bonds is 6. The first kappa shape index (κ1) is 39.8. The topological polar surface area (TPSA) is 193 Å². The van der Waals surface area contributed by atoms with Gasteiger partial charge in [0.25, 0.3) is 5.91 Å². The molecule has 3 fully saturated rings. The van der Waals surface area contributed by atoms with Crippen LogP contribution in [-0.4, -0.2) is 90.0 Å². The monoisotopic (exact) mass is 790 g/mol. The third kappa shape index (κ3) is 9.48. The van der Waals surface area contributed by atoms with Crippen molar-refractivity contribution in [3.63, 3.8) is 0 Å². The van der Waals surface area contributed by atoms with E-state index in [2.05, 4.69) is 20.1 Å². The highest BCUT2D eigenvalue weighted by molar-refractivity contribution is 7.88. The van der Waals surface area contributed by atoms with Crippen LogP contribution in [0, 0.1) is 5.92 Å². The first-order valence-electron chi connectivity index (χ1n) is 18.9. The van der Waals surface area contributed by atoms with Crippen LogP contribution in [-0.2, 0) is 47.2 Å². The molecule has 3 heterocycles. The maximum absolute atomic E-state index is 14.4. The summed E-state index contributed by atoms with van der Waals surface area (Å²) < 4.78 is 42.1. The Hall–Kier alpha value is -3.89. The lowest BCUT2D eigenvalue weighted by molar-refractivity contribution is -0.141. The van der Waals surface area contributed by atoms with E-state index in [-0.39, 0.29) is 44.9 Å². The Kier molecular flexibility index (Phi) is 11.8. The predicted octanol–water partition coefficient (Wildman–Crippen LogP) is 3.94. The first-order chi connectivity index (χ1) is 25.5. The average Bonchev–Trinajstić information content (AvgIpc) is 3.50. The fourth-order valence-electron chi connectivity index (χ4n) is 7.85. The molecule has 5 amide bonds. The summed E-state index contributed by atoms with van der Waals surface area (Å²) >= 11 is 6.37. The van der Waals surface area contributed by atoms with Gasteiger partial charge in [-0.1, -0.05) is 61.6 Å². The summed E-state index contributed by atoms with van der Waals surface area (Å²) in [5.74, 6) is -2.64. The maximum Gasteiger partial charge on any atom is 0.410 e. The number of hydrogen-bond donors (Lipinski definition) is 4. The predicted molar refractivity (Wildman–Crippen MR) is 198 cm³/mol. The summed E-state index contributed by atoms with van der Waals surface area (Å²) in [6.07, 6.45) is 7.57. The van der Waals surface area contributed by atoms with Crippen molar-refractivity contribution in [2.45, 2.75) is 140 Å². The van der Waals surface area contributed by atoms with Crippen molar-refractivity contribution in [2.75, 3.05) is 6.54 Å². The number of fused-ring (bicyclic) bond motifs is 3. The molecule has 296 valence electrons. The number of ether oxygens (including phenoxy) is 2. The Morgan fingerprint density at radius 1 is 1.02 bits per heavy atom. The van der Waals surface area contributed by atoms with Crippen LogP contribution >= 0.6 is 11.6 Å². The largest absolute Gasteiger partial charge is 0.444 e. The van der Waals surface area contributed by atoms with Gasteiger partial charge in [-0.15, -0.1) is 0 Å². The van der Waals surface area contributed by atoms with Gasteiger partial charge in [-0.3, -0.25) is 19.3 Å². The van der Waals surface area contributed by atoms with E-state index in [0.29, 0.717) is 30.7 Å². The lowest BCUT2D eigenvalue weighted by Gasteiger charge is -2.30. The highest BCUT2D eigenvalue weighted by atomic mass is 35.5.